The molecule has 0 atom stereocenters. The summed E-state index contributed by atoms with van der Waals surface area (Å²) in [7, 11) is 0. The van der Waals surface area contributed by atoms with Gasteiger partial charge in [-0.05, 0) is 36.4 Å². The summed E-state index contributed by atoms with van der Waals surface area (Å²) in [5, 5.41) is 2.71. The van der Waals surface area contributed by atoms with Crippen LogP contribution in [-0.2, 0) is 9.53 Å². The number of Topliss-reactive ketones (excluding diaryl/α,β-unsaturated/α-hetero) is 1. The van der Waals surface area contributed by atoms with E-state index in [1.165, 1.54) is 24.3 Å². The van der Waals surface area contributed by atoms with Crippen LogP contribution in [0, 0.1) is 17.0 Å². The monoisotopic (exact) mass is 375 g/mol. The van der Waals surface area contributed by atoms with Crippen molar-refractivity contribution in [3.05, 3.63) is 65.2 Å². The minimum absolute atomic E-state index is 0.178. The van der Waals surface area contributed by atoms with E-state index in [2.05, 4.69) is 5.32 Å². The van der Waals surface area contributed by atoms with E-state index >= 15 is 0 Å². The Labute approximate surface area is 155 Å². The van der Waals surface area contributed by atoms with Crippen molar-refractivity contribution in [2.75, 3.05) is 11.9 Å². The summed E-state index contributed by atoms with van der Waals surface area (Å²) >= 11 is 0. The Morgan fingerprint density at radius 2 is 1.52 bits per heavy atom. The van der Waals surface area contributed by atoms with E-state index in [-0.39, 0.29) is 11.5 Å². The lowest BCUT2D eigenvalue weighted by molar-refractivity contribution is -0.123. The van der Waals surface area contributed by atoms with Crippen LogP contribution in [0.15, 0.2) is 42.5 Å². The van der Waals surface area contributed by atoms with Crippen LogP contribution >= 0.6 is 0 Å². The summed E-state index contributed by atoms with van der Waals surface area (Å²) in [6, 6.07) is 8.95. The molecule has 27 heavy (non-hydrogen) atoms. The predicted octanol–water partition coefficient (Wildman–Crippen LogP) is 3.99. The number of anilines is 1. The fourth-order valence-corrected chi connectivity index (χ4v) is 2.04. The average Bonchev–Trinajstić information content (AvgIpc) is 2.59. The Morgan fingerprint density at radius 1 is 0.963 bits per heavy atom. The van der Waals surface area contributed by atoms with Crippen molar-refractivity contribution < 1.29 is 27.9 Å². The summed E-state index contributed by atoms with van der Waals surface area (Å²) in [6.07, 6.45) is 0. The molecule has 2 aromatic rings. The van der Waals surface area contributed by atoms with E-state index in [1.54, 1.807) is 20.8 Å². The van der Waals surface area contributed by atoms with Crippen LogP contribution in [-0.4, -0.2) is 24.3 Å². The van der Waals surface area contributed by atoms with E-state index in [0.29, 0.717) is 5.69 Å². The van der Waals surface area contributed by atoms with Crippen LogP contribution < -0.4 is 5.32 Å². The maximum atomic E-state index is 13.5. The van der Waals surface area contributed by atoms with E-state index in [4.69, 9.17) is 4.74 Å². The Bertz CT molecular complexity index is 850. The number of carbonyl (C=O) groups is 3. The van der Waals surface area contributed by atoms with Crippen LogP contribution in [0.1, 0.15) is 41.5 Å². The van der Waals surface area contributed by atoms with Crippen molar-refractivity contribution in [2.45, 2.75) is 20.8 Å². The molecule has 0 unspecified atom stereocenters. The highest BCUT2D eigenvalue weighted by Gasteiger charge is 2.22. The largest absolute Gasteiger partial charge is 0.454 e. The Kier molecular flexibility index (Phi) is 6.05. The molecule has 0 aliphatic carbocycles. The molecule has 2 aromatic carbocycles. The number of amides is 1. The molecular weight excluding hydrogens is 356 g/mol. The Hall–Kier alpha value is -3.09. The molecule has 142 valence electrons. The lowest BCUT2D eigenvalue weighted by Crippen LogP contribution is -2.27. The molecule has 0 spiro atoms. The molecule has 0 bridgehead atoms. The van der Waals surface area contributed by atoms with Gasteiger partial charge in [0, 0.05) is 16.7 Å². The van der Waals surface area contributed by atoms with Gasteiger partial charge < -0.3 is 10.1 Å². The van der Waals surface area contributed by atoms with Crippen molar-refractivity contribution in [1.29, 1.82) is 0 Å². The highest BCUT2D eigenvalue weighted by atomic mass is 19.1. The summed E-state index contributed by atoms with van der Waals surface area (Å²) < 4.78 is 31.7. The molecule has 0 saturated carbocycles. The zero-order valence-corrected chi connectivity index (χ0v) is 15.1. The van der Waals surface area contributed by atoms with Crippen LogP contribution in [0.25, 0.3) is 0 Å². The second kappa shape index (κ2) is 8.07. The quantitative estimate of drug-likeness (QED) is 0.634. The maximum absolute atomic E-state index is 13.5. The molecule has 0 aromatic heterocycles. The highest BCUT2D eigenvalue weighted by Crippen LogP contribution is 2.18. The van der Waals surface area contributed by atoms with Gasteiger partial charge in [-0.3, -0.25) is 9.59 Å². The molecule has 0 fully saturated rings. The molecule has 1 N–H and O–H groups in total. The first kappa shape index (κ1) is 20.2. The van der Waals surface area contributed by atoms with Crippen molar-refractivity contribution in [1.82, 2.24) is 0 Å². The number of ketones is 1. The van der Waals surface area contributed by atoms with Gasteiger partial charge in [0.05, 0.1) is 0 Å². The van der Waals surface area contributed by atoms with Gasteiger partial charge in [-0.25, -0.2) is 13.6 Å². The molecule has 2 rings (SSSR count). The van der Waals surface area contributed by atoms with Crippen molar-refractivity contribution in [3.8, 4) is 0 Å². The van der Waals surface area contributed by atoms with Gasteiger partial charge in [-0.1, -0.05) is 26.8 Å². The number of hydrogen-bond donors (Lipinski definition) is 1. The first-order valence-corrected chi connectivity index (χ1v) is 8.15. The lowest BCUT2D eigenvalue weighted by Gasteiger charge is -2.17. The third kappa shape index (κ3) is 5.20. The van der Waals surface area contributed by atoms with Gasteiger partial charge in [0.2, 0.25) is 5.91 Å². The van der Waals surface area contributed by atoms with Gasteiger partial charge in [0.15, 0.2) is 12.4 Å². The van der Waals surface area contributed by atoms with Crippen molar-refractivity contribution in [3.63, 3.8) is 0 Å². The van der Waals surface area contributed by atoms with Crippen LogP contribution in [0.2, 0.25) is 0 Å². The first-order valence-electron chi connectivity index (χ1n) is 8.15. The van der Waals surface area contributed by atoms with Gasteiger partial charge in [0.1, 0.15) is 17.2 Å². The van der Waals surface area contributed by atoms with Gasteiger partial charge in [-0.2, -0.15) is 0 Å². The minimum atomic E-state index is -1.26. The fraction of sp³-hybridized carbons (Fsp3) is 0.250. The standard InChI is InChI=1S/C20H19F2NO4/c1-20(2,3)19(26)23-13-9-7-12(8-10-13)16(24)11-27-18(25)17-14(21)5-4-6-15(17)22/h4-10H,11H2,1-3H3,(H,23,26). The lowest BCUT2D eigenvalue weighted by atomic mass is 9.95. The van der Waals surface area contributed by atoms with Crippen LogP contribution in [0.5, 0.6) is 0 Å². The molecule has 5 nitrogen and oxygen atoms in total. The van der Waals surface area contributed by atoms with E-state index in [0.717, 1.165) is 18.2 Å². The number of ether oxygens (including phenoxy) is 1. The number of nitrogens with one attached hydrogen (secondary N) is 1. The molecular formula is C20H19F2NO4. The topological polar surface area (TPSA) is 72.5 Å². The number of carbonyl (C=O) groups excluding carboxylic acids is 3. The van der Waals surface area contributed by atoms with E-state index in [1.807, 2.05) is 0 Å². The predicted molar refractivity (Wildman–Crippen MR) is 95.5 cm³/mol. The summed E-state index contributed by atoms with van der Waals surface area (Å²) in [4.78, 5) is 35.8. The van der Waals surface area contributed by atoms with Crippen LogP contribution in [0.3, 0.4) is 0 Å². The summed E-state index contributed by atoms with van der Waals surface area (Å²) in [6.45, 7) is 4.65. The molecule has 0 aliphatic heterocycles. The molecule has 7 heteroatoms. The number of rotatable bonds is 5. The number of esters is 1. The molecule has 0 aliphatic rings. The number of benzene rings is 2. The maximum Gasteiger partial charge on any atom is 0.344 e. The number of hydrogen-bond acceptors (Lipinski definition) is 4. The van der Waals surface area contributed by atoms with Crippen molar-refractivity contribution >= 4 is 23.3 Å². The van der Waals surface area contributed by atoms with Crippen LogP contribution in [0.4, 0.5) is 14.5 Å². The zero-order valence-electron chi connectivity index (χ0n) is 15.1. The normalized spacial score (nSPS) is 11.0. The van der Waals surface area contributed by atoms with Gasteiger partial charge >= 0.3 is 5.97 Å². The Morgan fingerprint density at radius 3 is 2.04 bits per heavy atom. The molecule has 0 heterocycles. The second-order valence-corrected chi connectivity index (χ2v) is 6.88. The zero-order chi connectivity index (χ0) is 20.2. The molecule has 0 radical (unpaired) electrons. The average molecular weight is 375 g/mol. The summed E-state index contributed by atoms with van der Waals surface area (Å²) in [5.41, 5.74) is -0.669. The minimum Gasteiger partial charge on any atom is -0.454 e. The van der Waals surface area contributed by atoms with E-state index in [9.17, 15) is 23.2 Å². The SMILES string of the molecule is CC(C)(C)C(=O)Nc1ccc(C(=O)COC(=O)c2c(F)cccc2F)cc1. The van der Waals surface area contributed by atoms with Crippen molar-refractivity contribution in [2.24, 2.45) is 5.41 Å². The third-order valence-corrected chi connectivity index (χ3v) is 3.65. The molecule has 1 amide bonds. The first-order chi connectivity index (χ1) is 12.6. The fourth-order valence-electron chi connectivity index (χ4n) is 2.04. The Balaban J connectivity index is 1.98. The third-order valence-electron chi connectivity index (χ3n) is 3.65. The van der Waals surface area contributed by atoms with Gasteiger partial charge in [-0.15, -0.1) is 0 Å². The molecule has 0 saturated heterocycles. The van der Waals surface area contributed by atoms with E-state index < -0.39 is 41.0 Å². The summed E-state index contributed by atoms with van der Waals surface area (Å²) in [5.74, 6) is -4.11. The smallest absolute Gasteiger partial charge is 0.344 e. The number of halogens is 2. The second-order valence-electron chi connectivity index (χ2n) is 6.88. The highest BCUT2D eigenvalue weighted by molar-refractivity contribution is 6.00. The van der Waals surface area contributed by atoms with Gasteiger partial charge in [0.25, 0.3) is 0 Å².